The van der Waals surface area contributed by atoms with Crippen LogP contribution < -0.4 is 10.6 Å². The zero-order valence-corrected chi connectivity index (χ0v) is 8.20. The molecule has 0 bridgehead atoms. The van der Waals surface area contributed by atoms with E-state index in [1.807, 2.05) is 19.3 Å². The Morgan fingerprint density at radius 1 is 1.38 bits per heavy atom. The molecule has 1 aromatic heterocycles. The molecule has 0 aliphatic rings. The summed E-state index contributed by atoms with van der Waals surface area (Å²) in [5.74, 6) is 0.763. The average Bonchev–Trinajstić information content (AvgIpc) is 2.16. The lowest BCUT2D eigenvalue weighted by atomic mass is 10.4. The molecule has 1 rings (SSSR count). The number of nitrogens with zero attached hydrogens (tertiary/aromatic N) is 3. The molecule has 0 aromatic carbocycles. The number of aryl methyl sites for hydroxylation is 1. The molecule has 0 unspecified atom stereocenters. The van der Waals surface area contributed by atoms with E-state index in [1.54, 1.807) is 0 Å². The summed E-state index contributed by atoms with van der Waals surface area (Å²) in [6.45, 7) is 6.37. The van der Waals surface area contributed by atoms with Gasteiger partial charge in [-0.1, -0.05) is 0 Å². The fraction of sp³-hybridized carbons (Fsp3) is 0.556. The number of rotatable bonds is 4. The lowest BCUT2D eigenvalue weighted by Crippen LogP contribution is -2.30. The van der Waals surface area contributed by atoms with E-state index in [-0.39, 0.29) is 0 Å². The van der Waals surface area contributed by atoms with Crippen molar-refractivity contribution in [2.24, 2.45) is 5.73 Å². The van der Waals surface area contributed by atoms with Crippen LogP contribution in [0.3, 0.4) is 0 Å². The van der Waals surface area contributed by atoms with Crippen LogP contribution >= 0.6 is 0 Å². The molecule has 1 aromatic rings. The van der Waals surface area contributed by atoms with Crippen LogP contribution in [0.5, 0.6) is 0 Å². The van der Waals surface area contributed by atoms with Crippen LogP contribution in [-0.2, 0) is 0 Å². The number of likely N-dealkylation sites (N-methyl/N-ethyl adjacent to an activating group) is 1. The van der Waals surface area contributed by atoms with Gasteiger partial charge in [0.05, 0.1) is 0 Å². The number of hydrogen-bond acceptors (Lipinski definition) is 4. The van der Waals surface area contributed by atoms with Crippen LogP contribution in [0.25, 0.3) is 0 Å². The molecule has 4 nitrogen and oxygen atoms in total. The minimum Gasteiger partial charge on any atom is -0.340 e. The molecule has 2 N–H and O–H groups in total. The van der Waals surface area contributed by atoms with Crippen molar-refractivity contribution in [1.82, 2.24) is 9.97 Å². The summed E-state index contributed by atoms with van der Waals surface area (Å²) in [4.78, 5) is 10.5. The normalized spacial score (nSPS) is 10.1. The summed E-state index contributed by atoms with van der Waals surface area (Å²) in [6.07, 6.45) is 3.64. The molecule has 4 heteroatoms. The molecule has 13 heavy (non-hydrogen) atoms. The van der Waals surface area contributed by atoms with E-state index in [2.05, 4.69) is 21.8 Å². The first kappa shape index (κ1) is 9.92. The van der Waals surface area contributed by atoms with E-state index < -0.39 is 0 Å². The Labute approximate surface area is 78.8 Å². The molecule has 0 saturated heterocycles. The quantitative estimate of drug-likeness (QED) is 0.736. The number of nitrogens with two attached hydrogens (primary N) is 1. The third-order valence-corrected chi connectivity index (χ3v) is 1.83. The van der Waals surface area contributed by atoms with Crippen LogP contribution in [-0.4, -0.2) is 29.6 Å². The number of anilines is 1. The van der Waals surface area contributed by atoms with E-state index in [0.29, 0.717) is 6.54 Å². The topological polar surface area (TPSA) is 55.0 Å². The molecule has 0 amide bonds. The van der Waals surface area contributed by atoms with Crippen LogP contribution in [0.4, 0.5) is 5.95 Å². The predicted molar refractivity (Wildman–Crippen MR) is 53.7 cm³/mol. The van der Waals surface area contributed by atoms with Crippen LogP contribution in [0.15, 0.2) is 12.4 Å². The lowest BCUT2D eigenvalue weighted by Gasteiger charge is -2.19. The monoisotopic (exact) mass is 180 g/mol. The molecule has 0 fully saturated rings. The SMILES string of the molecule is CCN(CCN)c1ncc(C)cn1. The van der Waals surface area contributed by atoms with E-state index in [4.69, 9.17) is 5.73 Å². The van der Waals surface area contributed by atoms with Crippen molar-refractivity contribution in [1.29, 1.82) is 0 Å². The zero-order chi connectivity index (χ0) is 9.68. The Kier molecular flexibility index (Phi) is 3.64. The van der Waals surface area contributed by atoms with Gasteiger partial charge in [-0.15, -0.1) is 0 Å². The maximum Gasteiger partial charge on any atom is 0.225 e. The minimum atomic E-state index is 0.630. The molecule has 0 spiro atoms. The summed E-state index contributed by atoms with van der Waals surface area (Å²) in [5, 5.41) is 0. The molecular formula is C9H16N4. The van der Waals surface area contributed by atoms with Gasteiger partial charge in [-0.05, 0) is 19.4 Å². The molecular weight excluding hydrogens is 164 g/mol. The van der Waals surface area contributed by atoms with Crippen molar-refractivity contribution in [3.05, 3.63) is 18.0 Å². The highest BCUT2D eigenvalue weighted by Crippen LogP contribution is 2.04. The fourth-order valence-corrected chi connectivity index (χ4v) is 1.10. The highest BCUT2D eigenvalue weighted by atomic mass is 15.2. The Hall–Kier alpha value is -1.16. The third kappa shape index (κ3) is 2.66. The van der Waals surface area contributed by atoms with E-state index in [1.165, 1.54) is 0 Å². The van der Waals surface area contributed by atoms with E-state index in [9.17, 15) is 0 Å². The first-order valence-electron chi connectivity index (χ1n) is 4.51. The van der Waals surface area contributed by atoms with Crippen LogP contribution in [0.2, 0.25) is 0 Å². The van der Waals surface area contributed by atoms with Gasteiger partial charge < -0.3 is 10.6 Å². The second-order valence-corrected chi connectivity index (χ2v) is 2.93. The van der Waals surface area contributed by atoms with Gasteiger partial charge >= 0.3 is 0 Å². The van der Waals surface area contributed by atoms with Gasteiger partial charge in [0, 0.05) is 32.0 Å². The number of aromatic nitrogens is 2. The largest absolute Gasteiger partial charge is 0.340 e. The Morgan fingerprint density at radius 2 is 2.00 bits per heavy atom. The second kappa shape index (κ2) is 4.77. The maximum absolute atomic E-state index is 5.48. The van der Waals surface area contributed by atoms with Gasteiger partial charge in [0.15, 0.2) is 0 Å². The first-order chi connectivity index (χ1) is 6.27. The third-order valence-electron chi connectivity index (χ3n) is 1.83. The zero-order valence-electron chi connectivity index (χ0n) is 8.20. The van der Waals surface area contributed by atoms with Crippen molar-refractivity contribution in [2.75, 3.05) is 24.5 Å². The molecule has 1 heterocycles. The van der Waals surface area contributed by atoms with Crippen molar-refractivity contribution in [2.45, 2.75) is 13.8 Å². The van der Waals surface area contributed by atoms with Crippen LogP contribution in [0, 0.1) is 6.92 Å². The van der Waals surface area contributed by atoms with Crippen molar-refractivity contribution in [3.63, 3.8) is 0 Å². The predicted octanol–water partition coefficient (Wildman–Crippen LogP) is 0.570. The molecule has 0 saturated carbocycles. The highest BCUT2D eigenvalue weighted by Gasteiger charge is 2.04. The Morgan fingerprint density at radius 3 is 2.46 bits per heavy atom. The summed E-state index contributed by atoms with van der Waals surface area (Å²) in [6, 6.07) is 0. The summed E-state index contributed by atoms with van der Waals surface area (Å²) < 4.78 is 0. The Bertz CT molecular complexity index is 244. The fourth-order valence-electron chi connectivity index (χ4n) is 1.10. The van der Waals surface area contributed by atoms with Gasteiger partial charge in [-0.3, -0.25) is 0 Å². The Balaban J connectivity index is 2.73. The summed E-state index contributed by atoms with van der Waals surface area (Å²) in [7, 11) is 0. The average molecular weight is 180 g/mol. The second-order valence-electron chi connectivity index (χ2n) is 2.93. The van der Waals surface area contributed by atoms with Crippen LogP contribution in [0.1, 0.15) is 12.5 Å². The van der Waals surface area contributed by atoms with E-state index in [0.717, 1.165) is 24.6 Å². The van der Waals surface area contributed by atoms with Gasteiger partial charge in [0.1, 0.15) is 0 Å². The smallest absolute Gasteiger partial charge is 0.225 e. The molecule has 0 aliphatic carbocycles. The van der Waals surface area contributed by atoms with Gasteiger partial charge in [0.2, 0.25) is 5.95 Å². The summed E-state index contributed by atoms with van der Waals surface area (Å²) >= 11 is 0. The van der Waals surface area contributed by atoms with Gasteiger partial charge in [-0.2, -0.15) is 0 Å². The maximum atomic E-state index is 5.48. The lowest BCUT2D eigenvalue weighted by molar-refractivity contribution is 0.782. The molecule has 0 radical (unpaired) electrons. The van der Waals surface area contributed by atoms with Gasteiger partial charge in [-0.25, -0.2) is 9.97 Å². The first-order valence-corrected chi connectivity index (χ1v) is 4.51. The van der Waals surface area contributed by atoms with Crippen molar-refractivity contribution in [3.8, 4) is 0 Å². The number of hydrogen-bond donors (Lipinski definition) is 1. The molecule has 0 aliphatic heterocycles. The molecule has 0 atom stereocenters. The highest BCUT2D eigenvalue weighted by molar-refractivity contribution is 5.29. The van der Waals surface area contributed by atoms with Crippen molar-refractivity contribution >= 4 is 5.95 Å². The summed E-state index contributed by atoms with van der Waals surface area (Å²) in [5.41, 5.74) is 6.55. The van der Waals surface area contributed by atoms with E-state index >= 15 is 0 Å². The minimum absolute atomic E-state index is 0.630. The van der Waals surface area contributed by atoms with Gasteiger partial charge in [0.25, 0.3) is 0 Å². The standard InChI is InChI=1S/C9H16N4/c1-3-13(5-4-10)9-11-6-8(2)7-12-9/h6-7H,3-5,10H2,1-2H3. The molecule has 72 valence electrons. The van der Waals surface area contributed by atoms with Crippen molar-refractivity contribution < 1.29 is 0 Å².